The minimum atomic E-state index is -1.16. The number of rotatable bonds is 3. The molecular weight excluding hydrogens is 196 g/mol. The first kappa shape index (κ1) is 14.8. The standard InChI is InChI=1S/C9H18O4.C2H6/c1-6-4-7(8(5-10)12-6)13-9(2,3)11;1-2/h6-8,10-11H,4-5H2,1-3H3;1-2H3. The Labute approximate surface area is 92.2 Å². The van der Waals surface area contributed by atoms with Crippen LogP contribution in [0.4, 0.5) is 0 Å². The summed E-state index contributed by atoms with van der Waals surface area (Å²) in [7, 11) is 0. The van der Waals surface area contributed by atoms with E-state index in [0.717, 1.165) is 6.42 Å². The summed E-state index contributed by atoms with van der Waals surface area (Å²) in [5, 5.41) is 18.4. The Hall–Kier alpha value is -0.160. The van der Waals surface area contributed by atoms with Crippen LogP contribution < -0.4 is 0 Å². The SMILES string of the molecule is CC.CC1CC(OC(C)(C)O)C(CO)O1. The molecule has 0 radical (unpaired) electrons. The topological polar surface area (TPSA) is 58.9 Å². The van der Waals surface area contributed by atoms with Crippen LogP contribution in [-0.4, -0.2) is 40.9 Å². The second-order valence-electron chi connectivity index (χ2n) is 4.01. The van der Waals surface area contributed by atoms with Crippen LogP contribution in [0.3, 0.4) is 0 Å². The predicted molar refractivity (Wildman–Crippen MR) is 58.6 cm³/mol. The Morgan fingerprint density at radius 2 is 1.93 bits per heavy atom. The zero-order chi connectivity index (χ0) is 12.1. The van der Waals surface area contributed by atoms with Gasteiger partial charge in [0.2, 0.25) is 0 Å². The van der Waals surface area contributed by atoms with E-state index < -0.39 is 5.79 Å². The molecular formula is C11H24O4. The van der Waals surface area contributed by atoms with Crippen molar-refractivity contribution in [2.45, 2.75) is 65.1 Å². The Balaban J connectivity index is 0.000000921. The van der Waals surface area contributed by atoms with Crippen molar-refractivity contribution in [2.24, 2.45) is 0 Å². The third-order valence-electron chi connectivity index (χ3n) is 2.01. The largest absolute Gasteiger partial charge is 0.394 e. The van der Waals surface area contributed by atoms with Crippen LogP contribution in [0.15, 0.2) is 0 Å². The zero-order valence-electron chi connectivity index (χ0n) is 10.4. The van der Waals surface area contributed by atoms with Crippen molar-refractivity contribution in [3.63, 3.8) is 0 Å². The van der Waals surface area contributed by atoms with Gasteiger partial charge >= 0.3 is 0 Å². The quantitative estimate of drug-likeness (QED) is 0.704. The Morgan fingerprint density at radius 1 is 1.40 bits per heavy atom. The molecule has 0 saturated carbocycles. The van der Waals surface area contributed by atoms with Gasteiger partial charge in [-0.1, -0.05) is 13.8 Å². The molecule has 0 aliphatic carbocycles. The molecule has 3 unspecified atom stereocenters. The zero-order valence-corrected chi connectivity index (χ0v) is 10.4. The summed E-state index contributed by atoms with van der Waals surface area (Å²) in [6, 6.07) is 0. The molecule has 92 valence electrons. The first-order chi connectivity index (χ1) is 6.92. The molecule has 1 aliphatic rings. The first-order valence-electron chi connectivity index (χ1n) is 5.59. The molecule has 0 bridgehead atoms. The average molecular weight is 220 g/mol. The Kier molecular flexibility index (Phi) is 6.36. The molecule has 2 N–H and O–H groups in total. The van der Waals surface area contributed by atoms with E-state index in [2.05, 4.69) is 0 Å². The van der Waals surface area contributed by atoms with Crippen molar-refractivity contribution in [3.8, 4) is 0 Å². The lowest BCUT2D eigenvalue weighted by atomic mass is 10.1. The molecule has 1 rings (SSSR count). The van der Waals surface area contributed by atoms with Gasteiger partial charge in [0.25, 0.3) is 0 Å². The molecule has 15 heavy (non-hydrogen) atoms. The molecule has 0 amide bonds. The summed E-state index contributed by atoms with van der Waals surface area (Å²) in [5.74, 6) is -1.16. The Morgan fingerprint density at radius 3 is 2.33 bits per heavy atom. The van der Waals surface area contributed by atoms with E-state index in [4.69, 9.17) is 14.6 Å². The van der Waals surface area contributed by atoms with E-state index in [0.29, 0.717) is 0 Å². The van der Waals surface area contributed by atoms with Crippen molar-refractivity contribution >= 4 is 0 Å². The van der Waals surface area contributed by atoms with Crippen LogP contribution in [0.2, 0.25) is 0 Å². The van der Waals surface area contributed by atoms with Crippen molar-refractivity contribution in [1.29, 1.82) is 0 Å². The van der Waals surface area contributed by atoms with Crippen LogP contribution in [0.25, 0.3) is 0 Å². The monoisotopic (exact) mass is 220 g/mol. The van der Waals surface area contributed by atoms with Crippen molar-refractivity contribution < 1.29 is 19.7 Å². The molecule has 0 spiro atoms. The van der Waals surface area contributed by atoms with Gasteiger partial charge in [-0.2, -0.15) is 0 Å². The van der Waals surface area contributed by atoms with Gasteiger partial charge in [0.15, 0.2) is 5.79 Å². The van der Waals surface area contributed by atoms with Crippen LogP contribution in [0.1, 0.15) is 41.0 Å². The lowest BCUT2D eigenvalue weighted by Crippen LogP contribution is -2.36. The highest BCUT2D eigenvalue weighted by molar-refractivity contribution is 4.81. The highest BCUT2D eigenvalue weighted by atomic mass is 16.6. The third-order valence-corrected chi connectivity index (χ3v) is 2.01. The second kappa shape index (κ2) is 6.43. The highest BCUT2D eigenvalue weighted by Crippen LogP contribution is 2.25. The third kappa shape index (κ3) is 5.47. The summed E-state index contributed by atoms with van der Waals surface area (Å²) < 4.78 is 10.7. The van der Waals surface area contributed by atoms with Gasteiger partial charge in [-0.25, -0.2) is 0 Å². The molecule has 1 aliphatic heterocycles. The van der Waals surface area contributed by atoms with E-state index in [1.54, 1.807) is 13.8 Å². The van der Waals surface area contributed by atoms with E-state index in [-0.39, 0.29) is 24.9 Å². The smallest absolute Gasteiger partial charge is 0.160 e. The first-order valence-corrected chi connectivity index (χ1v) is 5.59. The van der Waals surface area contributed by atoms with E-state index in [1.807, 2.05) is 20.8 Å². The van der Waals surface area contributed by atoms with Crippen molar-refractivity contribution in [3.05, 3.63) is 0 Å². The maximum Gasteiger partial charge on any atom is 0.160 e. The van der Waals surface area contributed by atoms with Gasteiger partial charge in [-0.15, -0.1) is 0 Å². The summed E-state index contributed by atoms with van der Waals surface area (Å²) in [5.41, 5.74) is 0. The van der Waals surface area contributed by atoms with Gasteiger partial charge in [-0.3, -0.25) is 0 Å². The predicted octanol–water partition coefficient (Wildman–Crippen LogP) is 1.30. The van der Waals surface area contributed by atoms with E-state index >= 15 is 0 Å². The van der Waals surface area contributed by atoms with Crippen molar-refractivity contribution in [1.82, 2.24) is 0 Å². The van der Waals surface area contributed by atoms with Gasteiger partial charge in [-0.05, 0) is 20.8 Å². The maximum absolute atomic E-state index is 9.42. The van der Waals surface area contributed by atoms with E-state index in [1.165, 1.54) is 0 Å². The van der Waals surface area contributed by atoms with Gasteiger partial charge < -0.3 is 19.7 Å². The average Bonchev–Trinajstić information content (AvgIpc) is 2.46. The van der Waals surface area contributed by atoms with Crippen LogP contribution in [0.5, 0.6) is 0 Å². The van der Waals surface area contributed by atoms with E-state index in [9.17, 15) is 5.11 Å². The van der Waals surface area contributed by atoms with Gasteiger partial charge in [0.1, 0.15) is 6.10 Å². The molecule has 1 fully saturated rings. The molecule has 4 nitrogen and oxygen atoms in total. The fraction of sp³-hybridized carbons (Fsp3) is 1.00. The van der Waals surface area contributed by atoms with Gasteiger partial charge in [0.05, 0.1) is 18.8 Å². The lowest BCUT2D eigenvalue weighted by molar-refractivity contribution is -0.216. The van der Waals surface area contributed by atoms with Crippen LogP contribution in [0, 0.1) is 0 Å². The van der Waals surface area contributed by atoms with Crippen LogP contribution >= 0.6 is 0 Å². The highest BCUT2D eigenvalue weighted by Gasteiger charge is 2.36. The maximum atomic E-state index is 9.42. The number of hydrogen-bond donors (Lipinski definition) is 2. The summed E-state index contributed by atoms with van der Waals surface area (Å²) >= 11 is 0. The number of aliphatic hydroxyl groups excluding tert-OH is 1. The molecule has 1 saturated heterocycles. The molecule has 3 atom stereocenters. The van der Waals surface area contributed by atoms with Crippen LogP contribution in [-0.2, 0) is 9.47 Å². The molecule has 0 aromatic rings. The fourth-order valence-electron chi connectivity index (χ4n) is 1.58. The molecule has 1 heterocycles. The Bertz CT molecular complexity index is 164. The second-order valence-corrected chi connectivity index (χ2v) is 4.01. The summed E-state index contributed by atoms with van der Waals surface area (Å²) in [6.45, 7) is 9.01. The van der Waals surface area contributed by atoms with Gasteiger partial charge in [0, 0.05) is 6.42 Å². The normalized spacial score (nSPS) is 31.0. The summed E-state index contributed by atoms with van der Waals surface area (Å²) in [4.78, 5) is 0. The summed E-state index contributed by atoms with van der Waals surface area (Å²) in [6.07, 6.45) is 0.292. The molecule has 4 heteroatoms. The van der Waals surface area contributed by atoms with Crippen molar-refractivity contribution in [2.75, 3.05) is 6.61 Å². The minimum Gasteiger partial charge on any atom is -0.394 e. The molecule has 0 aromatic heterocycles. The fourth-order valence-corrected chi connectivity index (χ4v) is 1.58. The number of ether oxygens (including phenoxy) is 2. The number of hydrogen-bond acceptors (Lipinski definition) is 4. The lowest BCUT2D eigenvalue weighted by Gasteiger charge is -2.25. The number of aliphatic hydroxyl groups is 2. The molecule has 0 aromatic carbocycles. The minimum absolute atomic E-state index is 0.0644.